The van der Waals surface area contributed by atoms with Crippen LogP contribution < -0.4 is 9.47 Å². The van der Waals surface area contributed by atoms with E-state index >= 15 is 0 Å². The van der Waals surface area contributed by atoms with Crippen molar-refractivity contribution in [2.45, 2.75) is 20.5 Å². The molecule has 0 saturated carbocycles. The first kappa shape index (κ1) is 18.4. The lowest BCUT2D eigenvalue weighted by molar-refractivity contribution is 0.0438. The van der Waals surface area contributed by atoms with E-state index in [0.29, 0.717) is 36.2 Å². The molecule has 3 aromatic rings. The van der Waals surface area contributed by atoms with Gasteiger partial charge in [0.05, 0.1) is 18.8 Å². The van der Waals surface area contributed by atoms with Crippen molar-refractivity contribution in [2.75, 3.05) is 13.2 Å². The number of rotatable bonds is 8. The predicted octanol–water partition coefficient (Wildman–Crippen LogP) is 3.89. The van der Waals surface area contributed by atoms with Crippen LogP contribution in [0.5, 0.6) is 11.5 Å². The normalized spacial score (nSPS) is 10.4. The Balaban J connectivity index is 1.66. The van der Waals surface area contributed by atoms with Crippen LogP contribution in [0.3, 0.4) is 0 Å². The monoisotopic (exact) mass is 368 g/mol. The third-order valence-corrected chi connectivity index (χ3v) is 3.59. The lowest BCUT2D eigenvalue weighted by Gasteiger charge is -2.11. The Labute approximate surface area is 156 Å². The van der Waals surface area contributed by atoms with E-state index in [1.165, 1.54) is 0 Å². The summed E-state index contributed by atoms with van der Waals surface area (Å²) >= 11 is 0. The number of hydrogen-bond donors (Lipinski definition) is 0. The number of ether oxygens (including phenoxy) is 3. The Hall–Kier alpha value is -3.35. The molecule has 7 heteroatoms. The fraction of sp³-hybridized carbons (Fsp3) is 0.250. The highest BCUT2D eigenvalue weighted by Gasteiger charge is 2.15. The molecule has 0 N–H and O–H groups in total. The number of benzene rings is 2. The van der Waals surface area contributed by atoms with Crippen LogP contribution in [0.15, 0.2) is 52.9 Å². The summed E-state index contributed by atoms with van der Waals surface area (Å²) in [6, 6.07) is 14.3. The van der Waals surface area contributed by atoms with Crippen molar-refractivity contribution in [1.29, 1.82) is 0 Å². The molecule has 0 amide bonds. The van der Waals surface area contributed by atoms with E-state index < -0.39 is 5.97 Å². The second-order valence-corrected chi connectivity index (χ2v) is 5.47. The van der Waals surface area contributed by atoms with Gasteiger partial charge < -0.3 is 18.6 Å². The van der Waals surface area contributed by atoms with Gasteiger partial charge in [0.15, 0.2) is 18.1 Å². The molecule has 0 aliphatic carbocycles. The molecule has 0 fully saturated rings. The van der Waals surface area contributed by atoms with Gasteiger partial charge in [-0.15, -0.1) is 10.2 Å². The van der Waals surface area contributed by atoms with Gasteiger partial charge in [-0.05, 0) is 44.2 Å². The number of esters is 1. The van der Waals surface area contributed by atoms with Crippen molar-refractivity contribution in [3.8, 4) is 23.0 Å². The van der Waals surface area contributed by atoms with Crippen molar-refractivity contribution in [3.05, 3.63) is 60.0 Å². The maximum Gasteiger partial charge on any atom is 0.338 e. The molecule has 2 aromatic carbocycles. The van der Waals surface area contributed by atoms with E-state index in [2.05, 4.69) is 10.2 Å². The van der Waals surface area contributed by atoms with E-state index in [-0.39, 0.29) is 12.5 Å². The Morgan fingerprint density at radius 2 is 1.70 bits per heavy atom. The highest BCUT2D eigenvalue weighted by molar-refractivity contribution is 5.90. The molecule has 1 aromatic heterocycles. The number of hydrogen-bond acceptors (Lipinski definition) is 7. The van der Waals surface area contributed by atoms with Gasteiger partial charge in [-0.3, -0.25) is 0 Å². The smallest absolute Gasteiger partial charge is 0.338 e. The average Bonchev–Trinajstić information content (AvgIpc) is 3.17. The van der Waals surface area contributed by atoms with Crippen molar-refractivity contribution < 1.29 is 23.4 Å². The standard InChI is InChI=1S/C20H20N2O5/c1-3-24-16-11-10-15(12-17(16)25-4-2)20(23)26-13-18-21-22-19(27-18)14-8-6-5-7-9-14/h5-12H,3-4,13H2,1-2H3. The predicted molar refractivity (Wildman–Crippen MR) is 97.6 cm³/mol. The van der Waals surface area contributed by atoms with Gasteiger partial charge in [-0.2, -0.15) is 0 Å². The van der Waals surface area contributed by atoms with Crippen molar-refractivity contribution in [2.24, 2.45) is 0 Å². The van der Waals surface area contributed by atoms with Crippen LogP contribution in [0.1, 0.15) is 30.1 Å². The lowest BCUT2D eigenvalue weighted by Crippen LogP contribution is -2.07. The Morgan fingerprint density at radius 1 is 0.963 bits per heavy atom. The molecule has 140 valence electrons. The Kier molecular flexibility index (Phi) is 6.04. The molecule has 1 heterocycles. The van der Waals surface area contributed by atoms with Crippen LogP contribution in [0.4, 0.5) is 0 Å². The van der Waals surface area contributed by atoms with Crippen LogP contribution in [-0.4, -0.2) is 29.4 Å². The third kappa shape index (κ3) is 4.63. The molecule has 0 spiro atoms. The van der Waals surface area contributed by atoms with Crippen LogP contribution in [-0.2, 0) is 11.3 Å². The SMILES string of the molecule is CCOc1ccc(C(=O)OCc2nnc(-c3ccccc3)o2)cc1OCC. The molecule has 7 nitrogen and oxygen atoms in total. The highest BCUT2D eigenvalue weighted by Crippen LogP contribution is 2.29. The van der Waals surface area contributed by atoms with E-state index in [1.54, 1.807) is 18.2 Å². The van der Waals surface area contributed by atoms with Gasteiger partial charge in [-0.25, -0.2) is 4.79 Å². The lowest BCUT2D eigenvalue weighted by atomic mass is 10.2. The molecule has 27 heavy (non-hydrogen) atoms. The van der Waals surface area contributed by atoms with Crippen LogP contribution in [0.25, 0.3) is 11.5 Å². The molecule has 0 aliphatic rings. The minimum absolute atomic E-state index is 0.115. The maximum atomic E-state index is 12.3. The van der Waals surface area contributed by atoms with Gasteiger partial charge in [0.1, 0.15) is 0 Å². The zero-order chi connectivity index (χ0) is 19.1. The summed E-state index contributed by atoms with van der Waals surface area (Å²) < 4.78 is 21.8. The Morgan fingerprint density at radius 3 is 2.44 bits per heavy atom. The van der Waals surface area contributed by atoms with E-state index in [4.69, 9.17) is 18.6 Å². The van der Waals surface area contributed by atoms with Crippen LogP contribution >= 0.6 is 0 Å². The van der Waals surface area contributed by atoms with Crippen LogP contribution in [0.2, 0.25) is 0 Å². The second kappa shape index (κ2) is 8.84. The first-order valence-corrected chi connectivity index (χ1v) is 8.65. The number of carbonyl (C=O) groups is 1. The summed E-state index contributed by atoms with van der Waals surface area (Å²) in [6.45, 7) is 4.59. The summed E-state index contributed by atoms with van der Waals surface area (Å²) in [5.41, 5.74) is 1.15. The minimum atomic E-state index is -0.515. The first-order valence-electron chi connectivity index (χ1n) is 8.65. The fourth-order valence-electron chi connectivity index (χ4n) is 2.40. The van der Waals surface area contributed by atoms with Crippen molar-refractivity contribution in [3.63, 3.8) is 0 Å². The molecule has 0 bridgehead atoms. The molecule has 0 unspecified atom stereocenters. The summed E-state index contributed by atoms with van der Waals surface area (Å²) in [5, 5.41) is 7.87. The van der Waals surface area contributed by atoms with Gasteiger partial charge in [0.25, 0.3) is 5.89 Å². The van der Waals surface area contributed by atoms with E-state index in [0.717, 1.165) is 5.56 Å². The Bertz CT molecular complexity index is 892. The zero-order valence-corrected chi connectivity index (χ0v) is 15.2. The van der Waals surface area contributed by atoms with Gasteiger partial charge >= 0.3 is 5.97 Å². The molecular formula is C20H20N2O5. The molecular weight excluding hydrogens is 348 g/mol. The third-order valence-electron chi connectivity index (χ3n) is 3.59. The number of carbonyl (C=O) groups excluding carboxylic acids is 1. The molecule has 0 aliphatic heterocycles. The summed E-state index contributed by atoms with van der Waals surface area (Å²) in [7, 11) is 0. The van der Waals surface area contributed by atoms with Gasteiger partial charge in [-0.1, -0.05) is 18.2 Å². The molecule has 0 saturated heterocycles. The first-order chi connectivity index (χ1) is 13.2. The number of nitrogens with zero attached hydrogens (tertiary/aromatic N) is 2. The number of aromatic nitrogens is 2. The summed E-state index contributed by atoms with van der Waals surface area (Å²) in [5.74, 6) is 1.16. The summed E-state index contributed by atoms with van der Waals surface area (Å²) in [4.78, 5) is 12.3. The highest BCUT2D eigenvalue weighted by atomic mass is 16.5. The van der Waals surface area contributed by atoms with Gasteiger partial charge in [0.2, 0.25) is 5.89 Å². The topological polar surface area (TPSA) is 83.7 Å². The van der Waals surface area contributed by atoms with E-state index in [1.807, 2.05) is 44.2 Å². The van der Waals surface area contributed by atoms with E-state index in [9.17, 15) is 4.79 Å². The largest absolute Gasteiger partial charge is 0.490 e. The molecule has 0 radical (unpaired) electrons. The molecule has 3 rings (SSSR count). The average molecular weight is 368 g/mol. The fourth-order valence-corrected chi connectivity index (χ4v) is 2.40. The summed E-state index contributed by atoms with van der Waals surface area (Å²) in [6.07, 6.45) is 0. The van der Waals surface area contributed by atoms with Crippen molar-refractivity contribution >= 4 is 5.97 Å². The van der Waals surface area contributed by atoms with Crippen LogP contribution in [0, 0.1) is 0 Å². The molecule has 0 atom stereocenters. The van der Waals surface area contributed by atoms with Gasteiger partial charge in [0, 0.05) is 5.56 Å². The van der Waals surface area contributed by atoms with Crippen molar-refractivity contribution in [1.82, 2.24) is 10.2 Å². The maximum absolute atomic E-state index is 12.3. The zero-order valence-electron chi connectivity index (χ0n) is 15.2. The quantitative estimate of drug-likeness (QED) is 0.558. The second-order valence-electron chi connectivity index (χ2n) is 5.47. The minimum Gasteiger partial charge on any atom is -0.490 e.